The van der Waals surface area contributed by atoms with Gasteiger partial charge in [-0.15, -0.1) is 0 Å². The van der Waals surface area contributed by atoms with Gasteiger partial charge in [0.15, 0.2) is 0 Å². The van der Waals surface area contributed by atoms with Crippen molar-refractivity contribution in [3.63, 3.8) is 0 Å². The highest BCUT2D eigenvalue weighted by Crippen LogP contribution is 2.20. The fraction of sp³-hybridized carbons (Fsp3) is 0.500. The van der Waals surface area contributed by atoms with E-state index in [2.05, 4.69) is 16.7 Å². The number of ether oxygens (including phenoxy) is 1. The standard InChI is InChI=1S/C8H12N2O2/c1-5-6-9-7(10-12-6)8(2,3)11-4/h5H,1H2,2-4H3. The minimum Gasteiger partial charge on any atom is -0.371 e. The van der Waals surface area contributed by atoms with Gasteiger partial charge in [0.2, 0.25) is 11.7 Å². The van der Waals surface area contributed by atoms with E-state index in [-0.39, 0.29) is 0 Å². The average Bonchev–Trinajstić information content (AvgIpc) is 2.52. The molecule has 0 atom stereocenters. The number of hydrogen-bond acceptors (Lipinski definition) is 4. The normalized spacial score (nSPS) is 11.6. The summed E-state index contributed by atoms with van der Waals surface area (Å²) in [6.45, 7) is 7.25. The lowest BCUT2D eigenvalue weighted by atomic mass is 10.1. The van der Waals surface area contributed by atoms with Crippen LogP contribution in [-0.4, -0.2) is 17.3 Å². The van der Waals surface area contributed by atoms with Crippen molar-refractivity contribution in [3.8, 4) is 0 Å². The lowest BCUT2D eigenvalue weighted by Crippen LogP contribution is -2.21. The highest BCUT2D eigenvalue weighted by molar-refractivity contribution is 5.32. The molecule has 0 aromatic carbocycles. The van der Waals surface area contributed by atoms with Gasteiger partial charge in [0.1, 0.15) is 5.60 Å². The molecule has 0 aliphatic rings. The fourth-order valence-corrected chi connectivity index (χ4v) is 0.654. The molecule has 1 aromatic heterocycles. The lowest BCUT2D eigenvalue weighted by Gasteiger charge is -2.17. The number of rotatable bonds is 3. The minimum absolute atomic E-state index is 0.412. The maximum atomic E-state index is 5.16. The van der Waals surface area contributed by atoms with Crippen LogP contribution in [0.2, 0.25) is 0 Å². The van der Waals surface area contributed by atoms with E-state index in [0.29, 0.717) is 11.7 Å². The third-order valence-electron chi connectivity index (χ3n) is 1.67. The molecule has 0 unspecified atom stereocenters. The Morgan fingerprint density at radius 1 is 1.58 bits per heavy atom. The maximum Gasteiger partial charge on any atom is 0.250 e. The zero-order valence-corrected chi connectivity index (χ0v) is 7.50. The van der Waals surface area contributed by atoms with E-state index in [1.807, 2.05) is 13.8 Å². The van der Waals surface area contributed by atoms with Crippen LogP contribution in [-0.2, 0) is 10.3 Å². The molecular weight excluding hydrogens is 156 g/mol. The third kappa shape index (κ3) is 1.53. The minimum atomic E-state index is -0.509. The molecule has 66 valence electrons. The predicted molar refractivity (Wildman–Crippen MR) is 44.4 cm³/mol. The van der Waals surface area contributed by atoms with Gasteiger partial charge in [-0.1, -0.05) is 11.7 Å². The highest BCUT2D eigenvalue weighted by atomic mass is 16.5. The number of nitrogens with zero attached hydrogens (tertiary/aromatic N) is 2. The van der Waals surface area contributed by atoms with Crippen molar-refractivity contribution in [2.75, 3.05) is 7.11 Å². The van der Waals surface area contributed by atoms with Gasteiger partial charge in [0, 0.05) is 7.11 Å². The largest absolute Gasteiger partial charge is 0.371 e. The zero-order valence-electron chi connectivity index (χ0n) is 7.50. The van der Waals surface area contributed by atoms with E-state index in [0.717, 1.165) is 0 Å². The summed E-state index contributed by atoms with van der Waals surface area (Å²) < 4.78 is 10.0. The highest BCUT2D eigenvalue weighted by Gasteiger charge is 2.25. The van der Waals surface area contributed by atoms with Crippen molar-refractivity contribution in [1.82, 2.24) is 10.1 Å². The second-order valence-corrected chi connectivity index (χ2v) is 2.87. The van der Waals surface area contributed by atoms with E-state index in [1.54, 1.807) is 7.11 Å². The summed E-state index contributed by atoms with van der Waals surface area (Å²) in [5.74, 6) is 0.940. The number of hydrogen-bond donors (Lipinski definition) is 0. The van der Waals surface area contributed by atoms with Crippen molar-refractivity contribution >= 4 is 6.08 Å². The quantitative estimate of drug-likeness (QED) is 0.687. The van der Waals surface area contributed by atoms with Gasteiger partial charge in [-0.3, -0.25) is 0 Å². The predicted octanol–water partition coefficient (Wildman–Crippen LogP) is 1.59. The van der Waals surface area contributed by atoms with Gasteiger partial charge in [-0.05, 0) is 19.9 Å². The van der Waals surface area contributed by atoms with Gasteiger partial charge in [0.25, 0.3) is 0 Å². The number of aromatic nitrogens is 2. The maximum absolute atomic E-state index is 5.16. The van der Waals surface area contributed by atoms with E-state index >= 15 is 0 Å². The zero-order chi connectivity index (χ0) is 9.19. The Hall–Kier alpha value is -1.16. The SMILES string of the molecule is C=Cc1nc(C(C)(C)OC)no1. The van der Waals surface area contributed by atoms with Crippen LogP contribution in [0.4, 0.5) is 0 Å². The van der Waals surface area contributed by atoms with Gasteiger partial charge < -0.3 is 9.26 Å². The molecule has 0 radical (unpaired) electrons. The third-order valence-corrected chi connectivity index (χ3v) is 1.67. The van der Waals surface area contributed by atoms with Crippen molar-refractivity contribution in [1.29, 1.82) is 0 Å². The topological polar surface area (TPSA) is 48.2 Å². The Morgan fingerprint density at radius 2 is 2.25 bits per heavy atom. The van der Waals surface area contributed by atoms with Crippen LogP contribution < -0.4 is 0 Å². The molecule has 12 heavy (non-hydrogen) atoms. The van der Waals surface area contributed by atoms with E-state index in [1.165, 1.54) is 6.08 Å². The molecule has 0 aliphatic heterocycles. The molecule has 0 saturated heterocycles. The fourth-order valence-electron chi connectivity index (χ4n) is 0.654. The lowest BCUT2D eigenvalue weighted by molar-refractivity contribution is 0.00973. The summed E-state index contributed by atoms with van der Waals surface area (Å²) in [5, 5.41) is 3.75. The van der Waals surface area contributed by atoms with Crippen LogP contribution >= 0.6 is 0 Å². The second kappa shape index (κ2) is 3.06. The Balaban J connectivity index is 2.95. The molecule has 4 nitrogen and oxygen atoms in total. The number of methoxy groups -OCH3 is 1. The first kappa shape index (κ1) is 8.93. The van der Waals surface area contributed by atoms with Crippen molar-refractivity contribution in [2.24, 2.45) is 0 Å². The molecule has 0 N–H and O–H groups in total. The van der Waals surface area contributed by atoms with Crippen LogP contribution in [0.1, 0.15) is 25.6 Å². The van der Waals surface area contributed by atoms with Gasteiger partial charge >= 0.3 is 0 Å². The summed E-state index contributed by atoms with van der Waals surface area (Å²) in [6, 6.07) is 0. The molecule has 1 aromatic rings. The van der Waals surface area contributed by atoms with Crippen molar-refractivity contribution in [3.05, 3.63) is 18.3 Å². The molecule has 0 spiro atoms. The first-order valence-corrected chi connectivity index (χ1v) is 3.62. The molecule has 0 aliphatic carbocycles. The Bertz CT molecular complexity index is 278. The van der Waals surface area contributed by atoms with Crippen LogP contribution in [0.5, 0.6) is 0 Å². The van der Waals surface area contributed by atoms with Crippen molar-refractivity contribution in [2.45, 2.75) is 19.4 Å². The van der Waals surface area contributed by atoms with Crippen LogP contribution in [0.25, 0.3) is 6.08 Å². The smallest absolute Gasteiger partial charge is 0.250 e. The Morgan fingerprint density at radius 3 is 2.67 bits per heavy atom. The van der Waals surface area contributed by atoms with Crippen molar-refractivity contribution < 1.29 is 9.26 Å². The Labute approximate surface area is 71.2 Å². The molecule has 4 heteroatoms. The summed E-state index contributed by atoms with van der Waals surface area (Å²) in [5.41, 5.74) is -0.509. The van der Waals surface area contributed by atoms with Crippen LogP contribution in [0.3, 0.4) is 0 Å². The monoisotopic (exact) mass is 168 g/mol. The molecular formula is C8H12N2O2. The van der Waals surface area contributed by atoms with E-state index in [9.17, 15) is 0 Å². The van der Waals surface area contributed by atoms with Gasteiger partial charge in [-0.25, -0.2) is 0 Å². The van der Waals surface area contributed by atoms with E-state index < -0.39 is 5.60 Å². The molecule has 0 bridgehead atoms. The summed E-state index contributed by atoms with van der Waals surface area (Å²) in [4.78, 5) is 4.05. The first-order valence-electron chi connectivity index (χ1n) is 3.62. The molecule has 1 rings (SSSR count). The Kier molecular flexibility index (Phi) is 2.28. The summed E-state index contributed by atoms with van der Waals surface area (Å²) in [7, 11) is 1.60. The molecule has 0 saturated carbocycles. The van der Waals surface area contributed by atoms with Crippen LogP contribution in [0.15, 0.2) is 11.1 Å². The van der Waals surface area contributed by atoms with E-state index in [4.69, 9.17) is 9.26 Å². The average molecular weight is 168 g/mol. The molecule has 0 amide bonds. The first-order chi connectivity index (χ1) is 5.60. The molecule has 0 fully saturated rings. The molecule has 1 heterocycles. The van der Waals surface area contributed by atoms with Gasteiger partial charge in [-0.2, -0.15) is 4.98 Å². The van der Waals surface area contributed by atoms with Gasteiger partial charge in [0.05, 0.1) is 0 Å². The summed E-state index contributed by atoms with van der Waals surface area (Å²) >= 11 is 0. The summed E-state index contributed by atoms with van der Waals surface area (Å²) in [6.07, 6.45) is 1.50. The second-order valence-electron chi connectivity index (χ2n) is 2.87. The van der Waals surface area contributed by atoms with Crippen LogP contribution in [0, 0.1) is 0 Å².